The van der Waals surface area contributed by atoms with Crippen molar-refractivity contribution in [2.24, 2.45) is 0 Å². The normalized spacial score (nSPS) is 13.3. The monoisotopic (exact) mass is 1090 g/mol. The summed E-state index contributed by atoms with van der Waals surface area (Å²) in [5.74, 6) is -0.997. The molecule has 6 heteroatoms. The Morgan fingerprint density at radius 3 is 0.835 bits per heavy atom. The lowest BCUT2D eigenvalue weighted by Gasteiger charge is -2.18. The van der Waals surface area contributed by atoms with E-state index in [0.29, 0.717) is 19.3 Å². The lowest BCUT2D eigenvalue weighted by Crippen LogP contribution is -2.30. The fourth-order valence-electron chi connectivity index (χ4n) is 8.00. The summed E-state index contributed by atoms with van der Waals surface area (Å²) in [4.78, 5) is 38.2. The van der Waals surface area contributed by atoms with E-state index in [9.17, 15) is 14.4 Å². The van der Waals surface area contributed by atoms with Crippen LogP contribution in [0.1, 0.15) is 252 Å². The van der Waals surface area contributed by atoms with Gasteiger partial charge in [0, 0.05) is 19.3 Å². The van der Waals surface area contributed by atoms with Crippen molar-refractivity contribution >= 4 is 17.9 Å². The van der Waals surface area contributed by atoms with E-state index in [0.717, 1.165) is 148 Å². The summed E-state index contributed by atoms with van der Waals surface area (Å²) in [6.07, 6.45) is 96.5. The molecule has 0 heterocycles. The third-order valence-corrected chi connectivity index (χ3v) is 12.7. The number of esters is 3. The molecule has 0 aliphatic heterocycles. The van der Waals surface area contributed by atoms with Gasteiger partial charge in [0.1, 0.15) is 13.2 Å². The lowest BCUT2D eigenvalue weighted by atomic mass is 10.1. The Kier molecular flexibility index (Phi) is 61.0. The zero-order valence-corrected chi connectivity index (χ0v) is 50.6. The van der Waals surface area contributed by atoms with Gasteiger partial charge in [-0.05, 0) is 141 Å². The molecular weight excluding hydrogens is 973 g/mol. The topological polar surface area (TPSA) is 78.9 Å². The highest BCUT2D eigenvalue weighted by Crippen LogP contribution is 2.14. The summed E-state index contributed by atoms with van der Waals surface area (Å²) in [6, 6.07) is 0. The van der Waals surface area contributed by atoms with Gasteiger partial charge in [0.15, 0.2) is 6.10 Å². The molecule has 0 rings (SSSR count). The first-order valence-corrected chi connectivity index (χ1v) is 31.6. The highest BCUT2D eigenvalue weighted by atomic mass is 16.6. The summed E-state index contributed by atoms with van der Waals surface area (Å²) >= 11 is 0. The van der Waals surface area contributed by atoms with Gasteiger partial charge in [-0.1, -0.05) is 262 Å². The van der Waals surface area contributed by atoms with E-state index in [-0.39, 0.29) is 37.5 Å². The van der Waals surface area contributed by atoms with Gasteiger partial charge < -0.3 is 14.2 Å². The van der Waals surface area contributed by atoms with Crippen LogP contribution in [0.4, 0.5) is 0 Å². The van der Waals surface area contributed by atoms with Crippen LogP contribution in [0.3, 0.4) is 0 Å². The molecule has 0 aliphatic rings. The summed E-state index contributed by atoms with van der Waals surface area (Å²) in [6.45, 7) is 6.30. The number of unbranched alkanes of at least 4 members (excludes halogenated alkanes) is 16. The van der Waals surface area contributed by atoms with Crippen LogP contribution < -0.4 is 0 Å². The second kappa shape index (κ2) is 65.3. The largest absolute Gasteiger partial charge is 0.462 e. The first-order chi connectivity index (χ1) is 39.0. The first-order valence-electron chi connectivity index (χ1n) is 31.6. The molecule has 0 aromatic heterocycles. The number of allylic oxidation sites excluding steroid dienone is 28. The van der Waals surface area contributed by atoms with Gasteiger partial charge in [0.05, 0.1) is 0 Å². The SMILES string of the molecule is CC/C=C\C/C=C\C/C=C\C/C=C\C/C=C\C/C=C\C/C=C\C/C=C\C/C=C\CCCC(=O)OCC(COC(=O)CCCCCCC/C=C\CCCC)OC(=O)CCCCCCCCCC/C=C\C/C=C\C/C=C\C/C=C\CC. The molecule has 0 amide bonds. The maximum Gasteiger partial charge on any atom is 0.306 e. The highest BCUT2D eigenvalue weighted by Gasteiger charge is 2.19. The number of ether oxygens (including phenoxy) is 3. The average Bonchev–Trinajstić information content (AvgIpc) is 3.45. The summed E-state index contributed by atoms with van der Waals surface area (Å²) in [7, 11) is 0. The second-order valence-corrected chi connectivity index (χ2v) is 20.2. The van der Waals surface area contributed by atoms with Crippen molar-refractivity contribution in [3.8, 4) is 0 Å². The Morgan fingerprint density at radius 1 is 0.266 bits per heavy atom. The van der Waals surface area contributed by atoms with E-state index in [1.165, 1.54) is 57.8 Å². The standard InChI is InChI=1S/C73H114O6/c1-4-7-10-13-16-19-22-24-26-28-30-32-33-34-35-36-37-38-39-41-42-44-46-48-51-54-57-60-63-66-72(75)78-69-70(68-77-71(74)65-62-59-56-53-50-21-18-15-12-9-6-3)79-73(76)67-64-61-58-55-52-49-47-45-43-40-31-29-27-25-23-20-17-14-11-8-5-2/h7-8,10-11,15-20,24-27,30-32,34-35,37-38,40-42,46,48,54,57,70H,4-6,9,12-14,21-23,28-29,33,36,39,43-45,47,49-53,55-56,58-69H2,1-3H3/b10-7-,11-8-,18-15-,19-16-,20-17-,26-24-,27-25-,32-30-,35-34-,38-37-,40-31-,42-41-,48-46-,57-54-. The van der Waals surface area contributed by atoms with E-state index in [1.807, 2.05) is 0 Å². The molecular formula is C73H114O6. The number of hydrogen-bond donors (Lipinski definition) is 0. The summed E-state index contributed by atoms with van der Waals surface area (Å²) in [5, 5.41) is 0. The van der Waals surface area contributed by atoms with E-state index in [2.05, 4.69) is 191 Å². The van der Waals surface area contributed by atoms with E-state index < -0.39 is 6.10 Å². The average molecular weight is 1090 g/mol. The summed E-state index contributed by atoms with van der Waals surface area (Å²) < 4.78 is 16.8. The van der Waals surface area contributed by atoms with Crippen LogP contribution in [0.25, 0.3) is 0 Å². The maximum absolute atomic E-state index is 12.9. The van der Waals surface area contributed by atoms with Crippen LogP contribution in [0, 0.1) is 0 Å². The van der Waals surface area contributed by atoms with Crippen LogP contribution >= 0.6 is 0 Å². The Labute approximate surface area is 485 Å². The molecule has 0 aliphatic carbocycles. The van der Waals surface area contributed by atoms with Gasteiger partial charge in [-0.25, -0.2) is 0 Å². The van der Waals surface area contributed by atoms with Crippen LogP contribution in [0.15, 0.2) is 170 Å². The number of rotatable bonds is 55. The molecule has 0 bridgehead atoms. The Morgan fingerprint density at radius 2 is 0.506 bits per heavy atom. The van der Waals surface area contributed by atoms with Gasteiger partial charge >= 0.3 is 17.9 Å². The Hall–Kier alpha value is -5.23. The van der Waals surface area contributed by atoms with Crippen LogP contribution in [-0.4, -0.2) is 37.2 Å². The van der Waals surface area contributed by atoms with Gasteiger partial charge in [0.25, 0.3) is 0 Å². The minimum absolute atomic E-state index is 0.111. The molecule has 79 heavy (non-hydrogen) atoms. The van der Waals surface area contributed by atoms with Crippen molar-refractivity contribution in [3.63, 3.8) is 0 Å². The van der Waals surface area contributed by atoms with Crippen molar-refractivity contribution in [1.82, 2.24) is 0 Å². The zero-order chi connectivity index (χ0) is 57.1. The van der Waals surface area contributed by atoms with Crippen LogP contribution in [0.2, 0.25) is 0 Å². The van der Waals surface area contributed by atoms with Crippen molar-refractivity contribution in [3.05, 3.63) is 170 Å². The van der Waals surface area contributed by atoms with E-state index >= 15 is 0 Å². The molecule has 442 valence electrons. The number of carbonyl (C=O) groups excluding carboxylic acids is 3. The zero-order valence-electron chi connectivity index (χ0n) is 50.6. The molecule has 0 aromatic carbocycles. The Balaban J connectivity index is 4.44. The molecule has 1 unspecified atom stereocenters. The quantitative estimate of drug-likeness (QED) is 0.0261. The van der Waals surface area contributed by atoms with Crippen LogP contribution in [-0.2, 0) is 28.6 Å². The molecule has 0 fully saturated rings. The third-order valence-electron chi connectivity index (χ3n) is 12.7. The minimum atomic E-state index is -0.819. The van der Waals surface area contributed by atoms with Gasteiger partial charge in [-0.2, -0.15) is 0 Å². The third kappa shape index (κ3) is 63.5. The highest BCUT2D eigenvalue weighted by molar-refractivity contribution is 5.71. The second-order valence-electron chi connectivity index (χ2n) is 20.2. The smallest absolute Gasteiger partial charge is 0.306 e. The molecule has 0 aromatic rings. The fraction of sp³-hybridized carbons (Fsp3) is 0.575. The molecule has 0 N–H and O–H groups in total. The molecule has 0 saturated carbocycles. The fourth-order valence-corrected chi connectivity index (χ4v) is 8.00. The molecule has 0 saturated heterocycles. The predicted molar refractivity (Wildman–Crippen MR) is 343 cm³/mol. The number of carbonyl (C=O) groups is 3. The minimum Gasteiger partial charge on any atom is -0.462 e. The van der Waals surface area contributed by atoms with Crippen LogP contribution in [0.5, 0.6) is 0 Å². The van der Waals surface area contributed by atoms with E-state index in [1.54, 1.807) is 0 Å². The molecule has 6 nitrogen and oxygen atoms in total. The van der Waals surface area contributed by atoms with E-state index in [4.69, 9.17) is 14.2 Å². The maximum atomic E-state index is 12.9. The molecule has 1 atom stereocenters. The lowest BCUT2D eigenvalue weighted by molar-refractivity contribution is -0.167. The van der Waals surface area contributed by atoms with Crippen molar-refractivity contribution < 1.29 is 28.6 Å². The summed E-state index contributed by atoms with van der Waals surface area (Å²) in [5.41, 5.74) is 0. The predicted octanol–water partition coefficient (Wildman–Crippen LogP) is 21.9. The molecule has 0 spiro atoms. The number of hydrogen-bond acceptors (Lipinski definition) is 6. The first kappa shape index (κ1) is 73.8. The van der Waals surface area contributed by atoms with Crippen molar-refractivity contribution in [1.29, 1.82) is 0 Å². The van der Waals surface area contributed by atoms with Crippen molar-refractivity contribution in [2.75, 3.05) is 13.2 Å². The van der Waals surface area contributed by atoms with Gasteiger partial charge in [-0.15, -0.1) is 0 Å². The van der Waals surface area contributed by atoms with Gasteiger partial charge in [0.2, 0.25) is 0 Å². The Bertz CT molecular complexity index is 1820. The van der Waals surface area contributed by atoms with Crippen molar-refractivity contribution in [2.45, 2.75) is 258 Å². The molecule has 0 radical (unpaired) electrons. The van der Waals surface area contributed by atoms with Gasteiger partial charge in [-0.3, -0.25) is 14.4 Å².